The van der Waals surface area contributed by atoms with Crippen molar-refractivity contribution in [2.75, 3.05) is 13.2 Å². The Bertz CT molecular complexity index is 219. The van der Waals surface area contributed by atoms with Crippen molar-refractivity contribution in [3.8, 4) is 0 Å². The molecule has 0 heterocycles. The van der Waals surface area contributed by atoms with Crippen molar-refractivity contribution in [3.05, 3.63) is 0 Å². The van der Waals surface area contributed by atoms with E-state index in [0.717, 1.165) is 0 Å². The van der Waals surface area contributed by atoms with Crippen LogP contribution in [0.15, 0.2) is 4.99 Å². The second-order valence-electron chi connectivity index (χ2n) is 3.69. The maximum absolute atomic E-state index is 11.3. The normalized spacial score (nSPS) is 12.0. The Kier molecular flexibility index (Phi) is 6.68. The smallest absolute Gasteiger partial charge is 0.308 e. The third-order valence-electron chi connectivity index (χ3n) is 1.70. The number of esters is 1. The van der Waals surface area contributed by atoms with Gasteiger partial charge in [0, 0.05) is 0 Å². The van der Waals surface area contributed by atoms with Crippen LogP contribution in [0.3, 0.4) is 0 Å². The lowest BCUT2D eigenvalue weighted by Gasteiger charge is -2.11. The molecule has 0 saturated carbocycles. The SMILES string of the molecule is CC(C)COC(=O)C(C)CCN=C=O. The minimum atomic E-state index is -0.222. The Labute approximate surface area is 84.4 Å². The highest BCUT2D eigenvalue weighted by molar-refractivity contribution is 5.71. The fourth-order valence-electron chi connectivity index (χ4n) is 0.813. The predicted octanol–water partition coefficient (Wildman–Crippen LogP) is 1.55. The average Bonchev–Trinajstić information content (AvgIpc) is 2.14. The van der Waals surface area contributed by atoms with Gasteiger partial charge < -0.3 is 4.74 Å². The Morgan fingerprint density at radius 3 is 2.57 bits per heavy atom. The maximum Gasteiger partial charge on any atom is 0.308 e. The van der Waals surface area contributed by atoms with Crippen LogP contribution in [0.25, 0.3) is 0 Å². The Morgan fingerprint density at radius 1 is 1.43 bits per heavy atom. The Morgan fingerprint density at radius 2 is 2.07 bits per heavy atom. The first kappa shape index (κ1) is 12.8. The van der Waals surface area contributed by atoms with Crippen LogP contribution in [0.4, 0.5) is 0 Å². The van der Waals surface area contributed by atoms with Gasteiger partial charge in [-0.25, -0.2) is 9.79 Å². The standard InChI is InChI=1S/C10H17NO3/c1-8(2)6-14-10(13)9(3)4-5-11-7-12/h8-9H,4-6H2,1-3H3. The van der Waals surface area contributed by atoms with Gasteiger partial charge in [-0.1, -0.05) is 20.8 Å². The fraction of sp³-hybridized carbons (Fsp3) is 0.800. The van der Waals surface area contributed by atoms with Gasteiger partial charge in [-0.05, 0) is 12.3 Å². The molecule has 0 rings (SSSR count). The highest BCUT2D eigenvalue weighted by atomic mass is 16.5. The molecule has 80 valence electrons. The van der Waals surface area contributed by atoms with Gasteiger partial charge in [0.1, 0.15) is 0 Å². The molecule has 4 nitrogen and oxygen atoms in total. The second-order valence-corrected chi connectivity index (χ2v) is 3.69. The molecule has 0 amide bonds. The van der Waals surface area contributed by atoms with Gasteiger partial charge in [0.15, 0.2) is 0 Å². The molecule has 4 heteroatoms. The van der Waals surface area contributed by atoms with Crippen molar-refractivity contribution >= 4 is 12.0 Å². The van der Waals surface area contributed by atoms with E-state index in [9.17, 15) is 9.59 Å². The Balaban J connectivity index is 3.70. The lowest BCUT2D eigenvalue weighted by atomic mass is 10.1. The summed E-state index contributed by atoms with van der Waals surface area (Å²) in [5.74, 6) is -0.0789. The zero-order valence-electron chi connectivity index (χ0n) is 8.95. The molecule has 1 atom stereocenters. The van der Waals surface area contributed by atoms with Gasteiger partial charge in [0.25, 0.3) is 0 Å². The third kappa shape index (κ3) is 6.38. The molecule has 14 heavy (non-hydrogen) atoms. The molecule has 0 saturated heterocycles. The van der Waals surface area contributed by atoms with Gasteiger partial charge in [0.2, 0.25) is 6.08 Å². The molecule has 0 aliphatic heterocycles. The predicted molar refractivity (Wildman–Crippen MR) is 52.6 cm³/mol. The molecule has 1 unspecified atom stereocenters. The molecule has 0 aromatic rings. The van der Waals surface area contributed by atoms with Gasteiger partial charge >= 0.3 is 5.97 Å². The summed E-state index contributed by atoms with van der Waals surface area (Å²) in [5, 5.41) is 0. The topological polar surface area (TPSA) is 55.7 Å². The van der Waals surface area contributed by atoms with Crippen molar-refractivity contribution in [3.63, 3.8) is 0 Å². The number of isocyanates is 1. The van der Waals surface area contributed by atoms with Crippen LogP contribution in [-0.2, 0) is 14.3 Å². The van der Waals surface area contributed by atoms with Crippen LogP contribution in [0.2, 0.25) is 0 Å². The molecule has 0 fully saturated rings. The van der Waals surface area contributed by atoms with Crippen molar-refractivity contribution in [1.29, 1.82) is 0 Å². The minimum Gasteiger partial charge on any atom is -0.465 e. The van der Waals surface area contributed by atoms with Crippen molar-refractivity contribution < 1.29 is 14.3 Å². The monoisotopic (exact) mass is 199 g/mol. The van der Waals surface area contributed by atoms with Crippen LogP contribution in [-0.4, -0.2) is 25.2 Å². The first-order valence-electron chi connectivity index (χ1n) is 4.78. The summed E-state index contributed by atoms with van der Waals surface area (Å²) < 4.78 is 5.02. The van der Waals surface area contributed by atoms with E-state index in [1.165, 1.54) is 6.08 Å². The summed E-state index contributed by atoms with van der Waals surface area (Å²) >= 11 is 0. The molecule has 0 aromatic carbocycles. The lowest BCUT2D eigenvalue weighted by molar-refractivity contribution is -0.149. The molecule has 0 radical (unpaired) electrons. The number of carbonyl (C=O) groups is 1. The number of aliphatic imine (C=N–C) groups is 1. The zero-order chi connectivity index (χ0) is 11.0. The van der Waals surface area contributed by atoms with E-state index < -0.39 is 0 Å². The summed E-state index contributed by atoms with van der Waals surface area (Å²) in [4.78, 5) is 24.4. The van der Waals surface area contributed by atoms with Crippen LogP contribution in [0, 0.1) is 11.8 Å². The number of hydrogen-bond acceptors (Lipinski definition) is 4. The summed E-state index contributed by atoms with van der Waals surface area (Å²) in [5.41, 5.74) is 0. The quantitative estimate of drug-likeness (QED) is 0.370. The van der Waals surface area contributed by atoms with Gasteiger partial charge in [0.05, 0.1) is 19.1 Å². The summed E-state index contributed by atoms with van der Waals surface area (Å²) in [6.45, 7) is 6.51. The maximum atomic E-state index is 11.3. The minimum absolute atomic E-state index is 0.203. The van der Waals surface area contributed by atoms with E-state index in [1.54, 1.807) is 6.92 Å². The first-order chi connectivity index (χ1) is 6.57. The van der Waals surface area contributed by atoms with Crippen LogP contribution in [0.5, 0.6) is 0 Å². The van der Waals surface area contributed by atoms with Gasteiger partial charge in [-0.3, -0.25) is 4.79 Å². The van der Waals surface area contributed by atoms with E-state index in [0.29, 0.717) is 25.5 Å². The summed E-state index contributed by atoms with van der Waals surface area (Å²) in [7, 11) is 0. The zero-order valence-corrected chi connectivity index (χ0v) is 8.95. The molecule has 0 bridgehead atoms. The highest BCUT2D eigenvalue weighted by Gasteiger charge is 2.13. The van der Waals surface area contributed by atoms with Gasteiger partial charge in [-0.15, -0.1) is 0 Å². The van der Waals surface area contributed by atoms with Crippen LogP contribution < -0.4 is 0 Å². The van der Waals surface area contributed by atoms with Crippen molar-refractivity contribution in [1.82, 2.24) is 0 Å². The number of carbonyl (C=O) groups excluding carboxylic acids is 2. The van der Waals surface area contributed by atoms with Crippen molar-refractivity contribution in [2.24, 2.45) is 16.8 Å². The fourth-order valence-corrected chi connectivity index (χ4v) is 0.813. The van der Waals surface area contributed by atoms with Crippen LogP contribution in [0.1, 0.15) is 27.2 Å². The molecule has 0 aliphatic rings. The molecule has 0 aromatic heterocycles. The average molecular weight is 199 g/mol. The molecule has 0 aliphatic carbocycles. The molecule has 0 N–H and O–H groups in total. The number of nitrogens with zero attached hydrogens (tertiary/aromatic N) is 1. The van der Waals surface area contributed by atoms with Gasteiger partial charge in [-0.2, -0.15) is 0 Å². The van der Waals surface area contributed by atoms with E-state index in [4.69, 9.17) is 4.74 Å². The number of ether oxygens (including phenoxy) is 1. The molecule has 0 spiro atoms. The number of rotatable bonds is 6. The molecular formula is C10H17NO3. The Hall–Kier alpha value is -1.15. The van der Waals surface area contributed by atoms with E-state index in [-0.39, 0.29) is 11.9 Å². The summed E-state index contributed by atoms with van der Waals surface area (Å²) in [6.07, 6.45) is 1.97. The van der Waals surface area contributed by atoms with Crippen LogP contribution >= 0.6 is 0 Å². The summed E-state index contributed by atoms with van der Waals surface area (Å²) in [6, 6.07) is 0. The number of hydrogen-bond donors (Lipinski definition) is 0. The van der Waals surface area contributed by atoms with E-state index >= 15 is 0 Å². The second kappa shape index (κ2) is 7.27. The first-order valence-corrected chi connectivity index (χ1v) is 4.78. The van der Waals surface area contributed by atoms with Crippen molar-refractivity contribution in [2.45, 2.75) is 27.2 Å². The third-order valence-corrected chi connectivity index (χ3v) is 1.70. The lowest BCUT2D eigenvalue weighted by Crippen LogP contribution is -2.18. The largest absolute Gasteiger partial charge is 0.465 e. The van der Waals surface area contributed by atoms with E-state index in [2.05, 4.69) is 4.99 Å². The van der Waals surface area contributed by atoms with E-state index in [1.807, 2.05) is 13.8 Å². The highest BCUT2D eigenvalue weighted by Crippen LogP contribution is 2.05. The molecular weight excluding hydrogens is 182 g/mol.